The maximum Gasteiger partial charge on any atom is 0.350 e. The molecule has 0 atom stereocenters. The van der Waals surface area contributed by atoms with E-state index >= 15 is 0 Å². The summed E-state index contributed by atoms with van der Waals surface area (Å²) in [5, 5.41) is 0. The Kier molecular flexibility index (Phi) is 3.49. The molecule has 0 aliphatic heterocycles. The summed E-state index contributed by atoms with van der Waals surface area (Å²) in [4.78, 5) is 12.8. The van der Waals surface area contributed by atoms with Gasteiger partial charge >= 0.3 is 5.97 Å². The molecule has 0 saturated carbocycles. The van der Waals surface area contributed by atoms with Crippen LogP contribution in [0.1, 0.15) is 9.67 Å². The number of nitrogen functional groups attached to an aromatic ring is 1. The number of thiophene rings is 1. The van der Waals surface area contributed by atoms with Gasteiger partial charge in [0.15, 0.2) is 0 Å². The second-order valence-electron chi connectivity index (χ2n) is 3.39. The zero-order valence-corrected chi connectivity index (χ0v) is 11.5. The summed E-state index contributed by atoms with van der Waals surface area (Å²) in [6, 6.07) is 9.62. The number of ether oxygens (including phenoxy) is 1. The summed E-state index contributed by atoms with van der Waals surface area (Å²) >= 11 is 4.71. The highest BCUT2D eigenvalue weighted by atomic mass is 79.9. The first kappa shape index (κ1) is 12.1. The van der Waals surface area contributed by atoms with Crippen LogP contribution in [0.25, 0.3) is 10.4 Å². The molecule has 0 radical (unpaired) electrons. The van der Waals surface area contributed by atoms with Gasteiger partial charge in [0.2, 0.25) is 0 Å². The van der Waals surface area contributed by atoms with Crippen LogP contribution in [-0.4, -0.2) is 13.1 Å². The fourth-order valence-electron chi connectivity index (χ4n) is 1.41. The van der Waals surface area contributed by atoms with Gasteiger partial charge in [0.05, 0.1) is 12.8 Å². The van der Waals surface area contributed by atoms with E-state index in [1.807, 2.05) is 24.3 Å². The average molecular weight is 312 g/mol. The standard InChI is InChI=1S/C12H10BrNO2S/c1-16-12(15)11-9(14)6-10(17-11)7-2-4-8(13)5-3-7/h2-6H,14H2,1H3. The molecule has 2 N–H and O–H groups in total. The van der Waals surface area contributed by atoms with Crippen molar-refractivity contribution in [3.8, 4) is 10.4 Å². The zero-order chi connectivity index (χ0) is 12.4. The minimum atomic E-state index is -0.393. The van der Waals surface area contributed by atoms with Crippen molar-refractivity contribution in [2.75, 3.05) is 12.8 Å². The number of hydrogen-bond acceptors (Lipinski definition) is 4. The van der Waals surface area contributed by atoms with E-state index in [-0.39, 0.29) is 0 Å². The van der Waals surface area contributed by atoms with E-state index in [1.165, 1.54) is 18.4 Å². The van der Waals surface area contributed by atoms with Gasteiger partial charge in [0, 0.05) is 9.35 Å². The second kappa shape index (κ2) is 4.89. The quantitative estimate of drug-likeness (QED) is 0.863. The van der Waals surface area contributed by atoms with Crippen molar-refractivity contribution in [1.82, 2.24) is 0 Å². The maximum atomic E-state index is 11.4. The summed E-state index contributed by atoms with van der Waals surface area (Å²) in [5.74, 6) is -0.393. The van der Waals surface area contributed by atoms with Gasteiger partial charge in [-0.25, -0.2) is 4.79 Å². The van der Waals surface area contributed by atoms with Crippen molar-refractivity contribution >= 4 is 38.9 Å². The SMILES string of the molecule is COC(=O)c1sc(-c2ccc(Br)cc2)cc1N. The van der Waals surface area contributed by atoms with Gasteiger partial charge < -0.3 is 10.5 Å². The minimum absolute atomic E-state index is 0.393. The molecule has 2 rings (SSSR count). The van der Waals surface area contributed by atoms with Crippen LogP contribution < -0.4 is 5.73 Å². The lowest BCUT2D eigenvalue weighted by molar-refractivity contribution is 0.0607. The molecule has 0 unspecified atom stereocenters. The van der Waals surface area contributed by atoms with Gasteiger partial charge in [0.1, 0.15) is 4.88 Å². The Morgan fingerprint density at radius 1 is 1.35 bits per heavy atom. The number of nitrogens with two attached hydrogens (primary N) is 1. The van der Waals surface area contributed by atoms with E-state index < -0.39 is 5.97 Å². The number of carbonyl (C=O) groups is 1. The lowest BCUT2D eigenvalue weighted by Gasteiger charge is -1.96. The Balaban J connectivity index is 2.41. The monoisotopic (exact) mass is 311 g/mol. The number of esters is 1. The number of rotatable bonds is 2. The molecule has 0 bridgehead atoms. The molecule has 0 fully saturated rings. The van der Waals surface area contributed by atoms with Crippen LogP contribution in [0.15, 0.2) is 34.8 Å². The molecule has 0 saturated heterocycles. The Hall–Kier alpha value is -1.33. The number of halogens is 1. The molecule has 3 nitrogen and oxygen atoms in total. The van der Waals surface area contributed by atoms with E-state index in [1.54, 1.807) is 6.07 Å². The molecule has 5 heteroatoms. The number of hydrogen-bond donors (Lipinski definition) is 1. The molecular weight excluding hydrogens is 302 g/mol. The van der Waals surface area contributed by atoms with E-state index in [2.05, 4.69) is 20.7 Å². The van der Waals surface area contributed by atoms with Gasteiger partial charge in [-0.1, -0.05) is 28.1 Å². The maximum absolute atomic E-state index is 11.4. The third-order valence-electron chi connectivity index (χ3n) is 2.26. The van der Waals surface area contributed by atoms with Crippen molar-refractivity contribution in [2.24, 2.45) is 0 Å². The highest BCUT2D eigenvalue weighted by molar-refractivity contribution is 9.10. The first-order valence-corrected chi connectivity index (χ1v) is 6.46. The number of methoxy groups -OCH3 is 1. The highest BCUT2D eigenvalue weighted by Gasteiger charge is 2.15. The molecule has 1 heterocycles. The zero-order valence-electron chi connectivity index (χ0n) is 9.07. The molecule has 0 spiro atoms. The Bertz CT molecular complexity index is 548. The van der Waals surface area contributed by atoms with Gasteiger partial charge in [0.25, 0.3) is 0 Å². The van der Waals surface area contributed by atoms with Crippen molar-refractivity contribution < 1.29 is 9.53 Å². The lowest BCUT2D eigenvalue weighted by Crippen LogP contribution is -2.00. The third kappa shape index (κ3) is 2.50. The van der Waals surface area contributed by atoms with Gasteiger partial charge in [-0.3, -0.25) is 0 Å². The fourth-order valence-corrected chi connectivity index (χ4v) is 2.68. The molecule has 0 aliphatic rings. The Morgan fingerprint density at radius 3 is 2.59 bits per heavy atom. The van der Waals surface area contributed by atoms with Crippen LogP contribution in [0.3, 0.4) is 0 Å². The smallest absolute Gasteiger partial charge is 0.350 e. The number of benzene rings is 1. The van der Waals surface area contributed by atoms with E-state index in [9.17, 15) is 4.79 Å². The van der Waals surface area contributed by atoms with Gasteiger partial charge in [-0.05, 0) is 23.8 Å². The summed E-state index contributed by atoms with van der Waals surface area (Å²) < 4.78 is 5.68. The summed E-state index contributed by atoms with van der Waals surface area (Å²) in [7, 11) is 1.35. The largest absolute Gasteiger partial charge is 0.465 e. The molecule has 0 amide bonds. The Labute approximate surface area is 111 Å². The van der Waals surface area contributed by atoms with Crippen LogP contribution in [0, 0.1) is 0 Å². The van der Waals surface area contributed by atoms with Crippen LogP contribution >= 0.6 is 27.3 Å². The molecule has 1 aromatic carbocycles. The lowest BCUT2D eigenvalue weighted by atomic mass is 10.2. The summed E-state index contributed by atoms with van der Waals surface area (Å²) in [6.07, 6.45) is 0. The molecular formula is C12H10BrNO2S. The van der Waals surface area contributed by atoms with Gasteiger partial charge in [-0.15, -0.1) is 11.3 Å². The first-order valence-electron chi connectivity index (χ1n) is 4.85. The van der Waals surface area contributed by atoms with Crippen LogP contribution in [0.2, 0.25) is 0 Å². The minimum Gasteiger partial charge on any atom is -0.465 e. The molecule has 88 valence electrons. The van der Waals surface area contributed by atoms with Crippen molar-refractivity contribution in [3.05, 3.63) is 39.7 Å². The molecule has 1 aromatic heterocycles. The topological polar surface area (TPSA) is 52.3 Å². The number of carbonyl (C=O) groups excluding carboxylic acids is 1. The summed E-state index contributed by atoms with van der Waals surface area (Å²) in [6.45, 7) is 0. The fraction of sp³-hybridized carbons (Fsp3) is 0.0833. The molecule has 0 aliphatic carbocycles. The van der Waals surface area contributed by atoms with Crippen molar-refractivity contribution in [1.29, 1.82) is 0 Å². The Morgan fingerprint density at radius 2 is 2.00 bits per heavy atom. The summed E-state index contributed by atoms with van der Waals surface area (Å²) in [5.41, 5.74) is 7.27. The predicted octanol–water partition coefficient (Wildman–Crippen LogP) is 3.55. The highest BCUT2D eigenvalue weighted by Crippen LogP contribution is 2.34. The van der Waals surface area contributed by atoms with Crippen molar-refractivity contribution in [2.45, 2.75) is 0 Å². The van der Waals surface area contributed by atoms with Crippen molar-refractivity contribution in [3.63, 3.8) is 0 Å². The molecule has 2 aromatic rings. The number of anilines is 1. The second-order valence-corrected chi connectivity index (χ2v) is 5.36. The molecule has 17 heavy (non-hydrogen) atoms. The van der Waals surface area contributed by atoms with E-state index in [0.717, 1.165) is 14.9 Å². The average Bonchev–Trinajstić information content (AvgIpc) is 2.71. The predicted molar refractivity (Wildman–Crippen MR) is 73.2 cm³/mol. The first-order chi connectivity index (χ1) is 8.11. The van der Waals surface area contributed by atoms with Crippen LogP contribution in [0.5, 0.6) is 0 Å². The normalized spacial score (nSPS) is 10.2. The van der Waals surface area contributed by atoms with Crippen LogP contribution in [0.4, 0.5) is 5.69 Å². The van der Waals surface area contributed by atoms with E-state index in [4.69, 9.17) is 5.73 Å². The van der Waals surface area contributed by atoms with Crippen LogP contribution in [-0.2, 0) is 4.74 Å². The third-order valence-corrected chi connectivity index (χ3v) is 3.97. The van der Waals surface area contributed by atoms with E-state index in [0.29, 0.717) is 10.6 Å². The van der Waals surface area contributed by atoms with Gasteiger partial charge in [-0.2, -0.15) is 0 Å².